The molecule has 0 aliphatic rings. The molecule has 0 unspecified atom stereocenters. The van der Waals surface area contributed by atoms with Gasteiger partial charge in [0.15, 0.2) is 0 Å². The maximum atomic E-state index is 2.24. The standard InChI is InChI=1S/C4H9.Ga.H/c1-4(2)3;;/h1-3H3;;. The summed E-state index contributed by atoms with van der Waals surface area (Å²) in [5.41, 5.74) is 0. The Morgan fingerprint density at radius 1 is 1.20 bits per heavy atom. The van der Waals surface area contributed by atoms with Gasteiger partial charge in [-0.05, 0) is 0 Å². The average molecular weight is 128 g/mol. The van der Waals surface area contributed by atoms with Crippen molar-refractivity contribution in [3.63, 3.8) is 0 Å². The topological polar surface area (TPSA) is 0 Å². The molecule has 0 saturated carbocycles. The van der Waals surface area contributed by atoms with Gasteiger partial charge in [0.1, 0.15) is 0 Å². The first-order chi connectivity index (χ1) is 2.00. The van der Waals surface area contributed by atoms with Gasteiger partial charge in [-0.2, -0.15) is 0 Å². The van der Waals surface area contributed by atoms with Gasteiger partial charge in [0.25, 0.3) is 0 Å². The summed E-state index contributed by atoms with van der Waals surface area (Å²) in [6.45, 7) is 6.73. The summed E-state index contributed by atoms with van der Waals surface area (Å²) in [6.07, 6.45) is 0. The van der Waals surface area contributed by atoms with E-state index in [1.54, 1.807) is 0 Å². The molecule has 0 aliphatic heterocycles. The Balaban J connectivity index is 3.02. The van der Waals surface area contributed by atoms with Crippen molar-refractivity contribution in [2.24, 2.45) is 0 Å². The molecule has 1 heteroatoms. The molecule has 0 aliphatic carbocycles. The van der Waals surface area contributed by atoms with Crippen LogP contribution in [0.2, 0.25) is 3.97 Å². The summed E-state index contributed by atoms with van der Waals surface area (Å²) < 4.78 is 0.625. The second-order valence-electron chi connectivity index (χ2n) is 2.56. The molecule has 0 nitrogen and oxygen atoms in total. The van der Waals surface area contributed by atoms with Gasteiger partial charge in [0.05, 0.1) is 0 Å². The molecule has 0 rings (SSSR count). The summed E-state index contributed by atoms with van der Waals surface area (Å²) in [4.78, 5) is 0. The van der Waals surface area contributed by atoms with Crippen LogP contribution in [-0.2, 0) is 0 Å². The van der Waals surface area contributed by atoms with Crippen molar-refractivity contribution in [2.75, 3.05) is 0 Å². The van der Waals surface area contributed by atoms with E-state index in [-0.39, 0.29) is 0 Å². The first-order valence-electron chi connectivity index (χ1n) is 1.85. The second kappa shape index (κ2) is 1.39. The van der Waals surface area contributed by atoms with Crippen LogP contribution < -0.4 is 0 Å². The third-order valence-electron chi connectivity index (χ3n) is 0. The number of rotatable bonds is 0. The third kappa shape index (κ3) is 79.6. The van der Waals surface area contributed by atoms with Gasteiger partial charge in [-0.3, -0.25) is 0 Å². The Morgan fingerprint density at radius 3 is 1.20 bits per heavy atom. The van der Waals surface area contributed by atoms with Gasteiger partial charge in [-0.15, -0.1) is 0 Å². The van der Waals surface area contributed by atoms with Crippen LogP contribution >= 0.6 is 0 Å². The Labute approximate surface area is 43.9 Å². The van der Waals surface area contributed by atoms with Crippen molar-refractivity contribution >= 4 is 18.6 Å². The van der Waals surface area contributed by atoms with E-state index in [0.717, 1.165) is 0 Å². The normalized spacial score (nSPS) is 11.8. The summed E-state index contributed by atoms with van der Waals surface area (Å²) in [7, 11) is 0. The molecule has 0 atom stereocenters. The fraction of sp³-hybridized carbons (Fsp3) is 1.00. The van der Waals surface area contributed by atoms with Gasteiger partial charge in [0, 0.05) is 0 Å². The van der Waals surface area contributed by atoms with Crippen LogP contribution in [0.25, 0.3) is 0 Å². The predicted octanol–water partition coefficient (Wildman–Crippen LogP) is 1.11. The monoisotopic (exact) mass is 127 g/mol. The molecule has 0 aromatic rings. The zero-order chi connectivity index (χ0) is 4.50. The number of hydrogen-bond donors (Lipinski definition) is 0. The second-order valence-corrected chi connectivity index (χ2v) is 7.01. The molecule has 0 spiro atoms. The van der Waals surface area contributed by atoms with Gasteiger partial charge in [0.2, 0.25) is 0 Å². The van der Waals surface area contributed by atoms with Crippen molar-refractivity contribution in [2.45, 2.75) is 24.7 Å². The molecular formula is C4H10Ga. The van der Waals surface area contributed by atoms with E-state index in [4.69, 9.17) is 0 Å². The van der Waals surface area contributed by atoms with E-state index in [1.807, 2.05) is 0 Å². The third-order valence-corrected chi connectivity index (χ3v) is 0. The van der Waals surface area contributed by atoms with Gasteiger partial charge >= 0.3 is 43.3 Å². The van der Waals surface area contributed by atoms with Crippen molar-refractivity contribution in [3.05, 3.63) is 0 Å². The van der Waals surface area contributed by atoms with E-state index >= 15 is 0 Å². The Hall–Kier alpha value is 0.636. The van der Waals surface area contributed by atoms with E-state index in [1.165, 1.54) is 18.6 Å². The Kier molecular flexibility index (Phi) is 1.57. The number of hydrogen-bond acceptors (Lipinski definition) is 0. The molecule has 0 saturated heterocycles. The van der Waals surface area contributed by atoms with Crippen molar-refractivity contribution < 1.29 is 0 Å². The fourth-order valence-electron chi connectivity index (χ4n) is 0. The minimum atomic E-state index is 0.625. The van der Waals surface area contributed by atoms with Crippen LogP contribution in [0.5, 0.6) is 0 Å². The molecule has 0 aromatic carbocycles. The quantitative estimate of drug-likeness (QED) is 0.428. The first kappa shape index (κ1) is 5.64. The van der Waals surface area contributed by atoms with E-state index in [2.05, 4.69) is 20.8 Å². The summed E-state index contributed by atoms with van der Waals surface area (Å²) >= 11 is 1.40. The van der Waals surface area contributed by atoms with E-state index in [9.17, 15) is 0 Å². The van der Waals surface area contributed by atoms with Crippen LogP contribution in [0.15, 0.2) is 0 Å². The summed E-state index contributed by atoms with van der Waals surface area (Å²) in [6, 6.07) is 0. The SMILES string of the molecule is C[C](C)(C)[GaH]. The molecule has 0 aromatic heterocycles. The maximum absolute atomic E-state index is 2.24. The Bertz CT molecular complexity index is 19.1. The molecular weight excluding hydrogens is 118 g/mol. The predicted molar refractivity (Wildman–Crippen MR) is 26.9 cm³/mol. The molecule has 0 heterocycles. The zero-order valence-electron chi connectivity index (χ0n) is 4.21. The molecule has 1 radical (unpaired) electrons. The fourth-order valence-corrected chi connectivity index (χ4v) is 0. The summed E-state index contributed by atoms with van der Waals surface area (Å²) in [5.74, 6) is 0. The Morgan fingerprint density at radius 2 is 1.20 bits per heavy atom. The van der Waals surface area contributed by atoms with E-state index < -0.39 is 0 Å². The van der Waals surface area contributed by atoms with Gasteiger partial charge in [-0.1, -0.05) is 0 Å². The molecule has 5 heavy (non-hydrogen) atoms. The zero-order valence-corrected chi connectivity index (χ0v) is 7.17. The van der Waals surface area contributed by atoms with Crippen LogP contribution in [-0.4, -0.2) is 18.6 Å². The molecule has 29 valence electrons. The molecule has 0 N–H and O–H groups in total. The summed E-state index contributed by atoms with van der Waals surface area (Å²) in [5, 5.41) is 0. The van der Waals surface area contributed by atoms with Crippen LogP contribution in [0.1, 0.15) is 20.8 Å². The van der Waals surface area contributed by atoms with Crippen molar-refractivity contribution in [3.8, 4) is 0 Å². The van der Waals surface area contributed by atoms with Crippen molar-refractivity contribution in [1.29, 1.82) is 0 Å². The minimum absolute atomic E-state index is 0.625. The average Bonchev–Trinajstić information content (AvgIpc) is 0.722. The van der Waals surface area contributed by atoms with Crippen molar-refractivity contribution in [1.82, 2.24) is 0 Å². The van der Waals surface area contributed by atoms with E-state index in [0.29, 0.717) is 3.97 Å². The van der Waals surface area contributed by atoms with Crippen LogP contribution in [0, 0.1) is 0 Å². The van der Waals surface area contributed by atoms with Gasteiger partial charge in [-0.25, -0.2) is 0 Å². The molecule has 0 bridgehead atoms. The molecule has 0 amide bonds. The first-order valence-corrected chi connectivity index (χ1v) is 3.34. The van der Waals surface area contributed by atoms with Gasteiger partial charge < -0.3 is 0 Å². The van der Waals surface area contributed by atoms with Crippen LogP contribution in [0.3, 0.4) is 0 Å². The van der Waals surface area contributed by atoms with Crippen LogP contribution in [0.4, 0.5) is 0 Å². The molecule has 0 fully saturated rings.